The Labute approximate surface area is 521 Å². The molecule has 0 bridgehead atoms. The van der Waals surface area contributed by atoms with E-state index in [2.05, 4.69) is 70.2 Å². The number of aromatic hydroxyl groups is 1. The Hall–Kier alpha value is -13.2. The molecule has 0 spiro atoms. The zero-order chi connectivity index (χ0) is 65.2. The van der Waals surface area contributed by atoms with Crippen molar-refractivity contribution < 1.29 is 51.4 Å². The van der Waals surface area contributed by atoms with E-state index in [1.165, 1.54) is 79.7 Å². The maximum absolute atomic E-state index is 14.0. The highest BCUT2D eigenvalue weighted by Gasteiger charge is 2.22. The number of hydrogen-bond acceptors (Lipinski definition) is 19. The van der Waals surface area contributed by atoms with Crippen LogP contribution >= 0.6 is 0 Å². The highest BCUT2D eigenvalue weighted by Crippen LogP contribution is 2.27. The standard InChI is InChI=1S/C17H12FN5O2.C16H10FN5O2.C15H12FN5O.C15H11FN4O2/c18-12-5-2-1-4-11(12)9-23-14(17-21-15(24)10-25-17)8-13(22-23)16-19-6-3-7-20-16;17-12-5-2-1-4-11(12)9-22-14(16(24)20-10-23)8-13(21-22)15-18-6-3-7-19-15;16-11-5-2-1-4-10(11)9-21-13(14(17)22)8-12(20-21)15-18-6-3-7-19-15;16-11-5-2-1-4-10(11)9-20-13(15(21)22)8-12(19-20)14-17-6-3-7-18-14/h1-8,10,24H,9H2;1-8H,9H2;1-8H,9H2,(H2,17,22);1-8H,9H2,(H,21,22). The lowest BCUT2D eigenvalue weighted by molar-refractivity contribution is 0.0683. The number of carbonyl (C=O) groups excluding carboxylic acids is 3. The van der Waals surface area contributed by atoms with E-state index >= 15 is 0 Å². The minimum atomic E-state index is -1.15. The monoisotopic (exact) mass is 1260 g/mol. The first-order valence-electron chi connectivity index (χ1n) is 27.3. The van der Waals surface area contributed by atoms with Crippen LogP contribution in [0, 0.1) is 23.3 Å². The van der Waals surface area contributed by atoms with Gasteiger partial charge in [-0.15, -0.1) is 4.99 Å². The van der Waals surface area contributed by atoms with Gasteiger partial charge in [0.1, 0.15) is 68.8 Å². The van der Waals surface area contributed by atoms with Crippen molar-refractivity contribution >= 4 is 23.9 Å². The zero-order valence-corrected chi connectivity index (χ0v) is 48.0. The van der Waals surface area contributed by atoms with Gasteiger partial charge < -0.3 is 20.4 Å². The summed E-state index contributed by atoms with van der Waals surface area (Å²) in [6, 6.07) is 37.6. The van der Waals surface area contributed by atoms with Crippen molar-refractivity contribution in [1.82, 2.24) is 84.0 Å². The van der Waals surface area contributed by atoms with Gasteiger partial charge in [0.15, 0.2) is 29.6 Å². The fraction of sp³-hybridized carbons (Fsp3) is 0.0635. The normalized spacial score (nSPS) is 10.6. The molecular formula is C63H45F4N19O7. The van der Waals surface area contributed by atoms with E-state index in [1.54, 1.807) is 140 Å². The van der Waals surface area contributed by atoms with Crippen LogP contribution in [0.25, 0.3) is 57.7 Å². The van der Waals surface area contributed by atoms with E-state index in [0.29, 0.717) is 74.0 Å². The fourth-order valence-electron chi connectivity index (χ4n) is 8.66. The Bertz CT molecular complexity index is 4640. The molecule has 0 aliphatic heterocycles. The molecule has 2 amide bonds. The summed E-state index contributed by atoms with van der Waals surface area (Å²) in [7, 11) is 0. The van der Waals surface area contributed by atoms with E-state index in [-0.39, 0.29) is 66.7 Å². The number of aromatic carboxylic acids is 1. The lowest BCUT2D eigenvalue weighted by atomic mass is 10.2. The molecule has 0 fully saturated rings. The second-order valence-electron chi connectivity index (χ2n) is 19.1. The molecule has 0 radical (unpaired) electrons. The number of primary amides is 1. The quantitative estimate of drug-likeness (QED) is 0.0462. The Morgan fingerprint density at radius 1 is 0.462 bits per heavy atom. The summed E-state index contributed by atoms with van der Waals surface area (Å²) in [6.07, 6.45) is 14.8. The summed E-state index contributed by atoms with van der Waals surface area (Å²) in [5.41, 5.74) is 9.09. The molecule has 4 N–H and O–H groups in total. The molecule has 13 aromatic rings. The topological polar surface area (TPSA) is 348 Å². The van der Waals surface area contributed by atoms with Crippen molar-refractivity contribution in [2.24, 2.45) is 10.7 Å². The van der Waals surface area contributed by atoms with Crippen molar-refractivity contribution in [2.75, 3.05) is 0 Å². The molecule has 4 aromatic carbocycles. The van der Waals surface area contributed by atoms with E-state index < -0.39 is 29.4 Å². The number of nitrogens with zero attached hydrogens (tertiary/aromatic N) is 18. The second kappa shape index (κ2) is 29.6. The molecular weight excluding hydrogens is 1210 g/mol. The molecule has 0 aliphatic carbocycles. The van der Waals surface area contributed by atoms with Crippen molar-refractivity contribution in [3.8, 4) is 63.5 Å². The third kappa shape index (κ3) is 15.9. The van der Waals surface area contributed by atoms with Gasteiger partial charge in [-0.1, -0.05) is 72.8 Å². The molecule has 0 saturated heterocycles. The molecule has 0 atom stereocenters. The molecule has 0 unspecified atom stereocenters. The number of carbonyl (C=O) groups is 3. The number of hydrogen-bond donors (Lipinski definition) is 3. The van der Waals surface area contributed by atoms with Crippen LogP contribution in [0.5, 0.6) is 5.88 Å². The fourth-order valence-corrected chi connectivity index (χ4v) is 8.66. The smallest absolute Gasteiger partial charge is 0.354 e. The van der Waals surface area contributed by atoms with E-state index in [4.69, 9.17) is 10.2 Å². The first-order valence-corrected chi connectivity index (χ1v) is 27.3. The van der Waals surface area contributed by atoms with E-state index in [0.717, 1.165) is 6.26 Å². The number of aromatic nitrogens is 17. The number of nitrogens with two attached hydrogens (primary N) is 1. The lowest BCUT2D eigenvalue weighted by Gasteiger charge is -2.06. The van der Waals surface area contributed by atoms with Gasteiger partial charge in [0.25, 0.3) is 11.8 Å². The third-order valence-electron chi connectivity index (χ3n) is 13.0. The Morgan fingerprint density at radius 2 is 0.785 bits per heavy atom. The van der Waals surface area contributed by atoms with Crippen LogP contribution in [0.2, 0.25) is 0 Å². The SMILES string of the molecule is NC(=O)c1cc(-c2ncccn2)nn1Cc1ccccc1F.O=C(O)c1cc(-c2ncccn2)nn1Cc1ccccc1F.O=C=NC(=O)c1cc(-c2ncccn2)nn1Cc1ccccc1F.Oc1coc(-c2cc(-c3ncccn3)nn2Cc2ccccc2F)n1. The van der Waals surface area contributed by atoms with Crippen LogP contribution < -0.4 is 5.73 Å². The number of rotatable bonds is 16. The highest BCUT2D eigenvalue weighted by atomic mass is 19.1. The number of carboxylic acids is 1. The summed E-state index contributed by atoms with van der Waals surface area (Å²) >= 11 is 0. The van der Waals surface area contributed by atoms with Gasteiger partial charge in [-0.25, -0.2) is 67.0 Å². The molecule has 9 heterocycles. The number of benzene rings is 4. The van der Waals surface area contributed by atoms with Crippen LogP contribution in [0.3, 0.4) is 0 Å². The van der Waals surface area contributed by atoms with Crippen molar-refractivity contribution in [3.63, 3.8) is 0 Å². The van der Waals surface area contributed by atoms with Crippen LogP contribution in [-0.2, 0) is 31.0 Å². The maximum Gasteiger partial charge on any atom is 0.354 e. The summed E-state index contributed by atoms with van der Waals surface area (Å²) in [4.78, 5) is 84.9. The number of oxazole rings is 1. The molecule has 9 aromatic heterocycles. The van der Waals surface area contributed by atoms with Gasteiger partial charge in [0.05, 0.1) is 26.2 Å². The molecule has 0 saturated carbocycles. The molecule has 30 heteroatoms. The van der Waals surface area contributed by atoms with Gasteiger partial charge >= 0.3 is 11.9 Å². The number of carboxylic acid groups (broad SMARTS) is 1. The van der Waals surface area contributed by atoms with Gasteiger partial charge in [-0.3, -0.25) is 28.3 Å². The van der Waals surface area contributed by atoms with Crippen LogP contribution in [-0.4, -0.2) is 118 Å². The summed E-state index contributed by atoms with van der Waals surface area (Å²) in [6.45, 7) is 0.270. The molecule has 93 heavy (non-hydrogen) atoms. The summed E-state index contributed by atoms with van der Waals surface area (Å²) in [5, 5.41) is 35.8. The minimum absolute atomic E-state index is 0.00500. The van der Waals surface area contributed by atoms with E-state index in [1.807, 2.05) is 0 Å². The first kappa shape index (κ1) is 62.8. The van der Waals surface area contributed by atoms with Crippen LogP contribution in [0.4, 0.5) is 17.6 Å². The van der Waals surface area contributed by atoms with Gasteiger partial charge in [0, 0.05) is 96.1 Å². The predicted octanol–water partition coefficient (Wildman–Crippen LogP) is 8.74. The second-order valence-corrected chi connectivity index (χ2v) is 19.1. The van der Waals surface area contributed by atoms with Crippen molar-refractivity contribution in [3.05, 3.63) is 264 Å². The number of isocyanates is 1. The van der Waals surface area contributed by atoms with E-state index in [9.17, 15) is 47.0 Å². The number of aliphatic imine (C=N–C) groups is 1. The first-order chi connectivity index (χ1) is 45.2. The average Bonchev–Trinajstić information content (AvgIpc) is 1.80. The summed E-state index contributed by atoms with van der Waals surface area (Å²) in [5.74, 6) is -2.82. The number of halogens is 4. The minimum Gasteiger partial charge on any atom is -0.491 e. The largest absolute Gasteiger partial charge is 0.491 e. The average molecular weight is 1260 g/mol. The lowest BCUT2D eigenvalue weighted by Crippen LogP contribution is -2.18. The predicted molar refractivity (Wildman–Crippen MR) is 320 cm³/mol. The highest BCUT2D eigenvalue weighted by molar-refractivity contribution is 5.97. The molecule has 462 valence electrons. The maximum atomic E-state index is 14.0. The van der Waals surface area contributed by atoms with Crippen LogP contribution in [0.15, 0.2) is 211 Å². The number of amides is 2. The molecule has 26 nitrogen and oxygen atoms in total. The Kier molecular flexibility index (Phi) is 20.0. The van der Waals surface area contributed by atoms with Gasteiger partial charge in [-0.2, -0.15) is 25.4 Å². The van der Waals surface area contributed by atoms with Crippen molar-refractivity contribution in [1.29, 1.82) is 0 Å². The van der Waals surface area contributed by atoms with Crippen LogP contribution in [0.1, 0.15) is 53.7 Å². The van der Waals surface area contributed by atoms with Crippen molar-refractivity contribution in [2.45, 2.75) is 26.2 Å². The van der Waals surface area contributed by atoms with Gasteiger partial charge in [0.2, 0.25) is 12.0 Å². The molecule has 13 rings (SSSR count). The Morgan fingerprint density at radius 3 is 1.13 bits per heavy atom. The zero-order valence-electron chi connectivity index (χ0n) is 48.0. The summed E-state index contributed by atoms with van der Waals surface area (Å²) < 4.78 is 66.0. The molecule has 0 aliphatic rings. The third-order valence-corrected chi connectivity index (χ3v) is 13.0. The van der Waals surface area contributed by atoms with Gasteiger partial charge in [-0.05, 0) is 48.5 Å². The Balaban J connectivity index is 0.000000136.